The van der Waals surface area contributed by atoms with Crippen molar-refractivity contribution in [2.75, 3.05) is 0 Å². The molecule has 2 aromatic heterocycles. The fourth-order valence-electron chi connectivity index (χ4n) is 4.60. The highest BCUT2D eigenvalue weighted by Gasteiger charge is 2.51. The summed E-state index contributed by atoms with van der Waals surface area (Å²) in [6, 6.07) is 16.1. The van der Waals surface area contributed by atoms with Crippen LogP contribution in [0.15, 0.2) is 54.7 Å². The molecule has 1 amide bonds. The number of pyridine rings is 1. The molecule has 0 bridgehead atoms. The van der Waals surface area contributed by atoms with Crippen LogP contribution in [0, 0.1) is 5.92 Å². The summed E-state index contributed by atoms with van der Waals surface area (Å²) in [7, 11) is 0. The molecule has 0 radical (unpaired) electrons. The average Bonchev–Trinajstić information content (AvgIpc) is 3.59. The van der Waals surface area contributed by atoms with E-state index in [1.54, 1.807) is 6.20 Å². The van der Waals surface area contributed by atoms with E-state index in [4.69, 9.17) is 5.10 Å². The van der Waals surface area contributed by atoms with E-state index in [2.05, 4.69) is 22.4 Å². The minimum Gasteiger partial charge on any atom is -0.341 e. The van der Waals surface area contributed by atoms with Crippen molar-refractivity contribution >= 4 is 5.91 Å². The zero-order valence-electron chi connectivity index (χ0n) is 14.9. The van der Waals surface area contributed by atoms with Gasteiger partial charge in [0, 0.05) is 17.7 Å². The van der Waals surface area contributed by atoms with E-state index in [0.717, 1.165) is 30.6 Å². The van der Waals surface area contributed by atoms with Gasteiger partial charge < -0.3 is 5.32 Å². The first-order valence-electron chi connectivity index (χ1n) is 9.66. The van der Waals surface area contributed by atoms with E-state index in [-0.39, 0.29) is 11.4 Å². The van der Waals surface area contributed by atoms with Crippen molar-refractivity contribution in [2.45, 2.75) is 37.1 Å². The summed E-state index contributed by atoms with van der Waals surface area (Å²) in [5.74, 6) is 1.97. The van der Waals surface area contributed by atoms with Crippen LogP contribution in [-0.4, -0.2) is 20.7 Å². The maximum atomic E-state index is 13.2. The normalized spacial score (nSPS) is 23.4. The fraction of sp³-hybridized carbons (Fsp3) is 0.318. The molecule has 0 unspecified atom stereocenters. The summed E-state index contributed by atoms with van der Waals surface area (Å²) in [6.07, 6.45) is 5.92. The van der Waals surface area contributed by atoms with Gasteiger partial charge in [-0.2, -0.15) is 5.10 Å². The molecule has 0 aliphatic heterocycles. The summed E-state index contributed by atoms with van der Waals surface area (Å²) < 4.78 is 1.91. The molecule has 6 rings (SSSR count). The van der Waals surface area contributed by atoms with E-state index in [9.17, 15) is 4.79 Å². The maximum Gasteiger partial charge on any atom is 0.272 e. The van der Waals surface area contributed by atoms with Crippen LogP contribution in [0.3, 0.4) is 0 Å². The Bertz CT molecular complexity index is 1040. The number of nitrogens with one attached hydrogen (secondary N) is 1. The standard InChI is InChI=1S/C22H20N4O/c27-21(24-22(9-10-22)15-6-2-1-3-7-15)19-17-13-14-12-16(14)20(17)26(25-19)18-8-4-5-11-23-18/h1-8,11,14,16H,9-10,12-13H2,(H,24,27)/t14-,16-/m1/s1. The number of amides is 1. The SMILES string of the molecule is O=C(NC1(c2ccccc2)CC1)c1nn(-c2ccccn2)c2c1C[C@H]1C[C@@H]21. The fourth-order valence-corrected chi connectivity index (χ4v) is 4.60. The molecular weight excluding hydrogens is 336 g/mol. The van der Waals surface area contributed by atoms with Gasteiger partial charge in [-0.25, -0.2) is 9.67 Å². The Morgan fingerprint density at radius 3 is 2.67 bits per heavy atom. The van der Waals surface area contributed by atoms with Crippen LogP contribution < -0.4 is 5.32 Å². The van der Waals surface area contributed by atoms with Crippen molar-refractivity contribution < 1.29 is 4.79 Å². The molecule has 2 heterocycles. The highest BCUT2D eigenvalue weighted by Crippen LogP contribution is 2.57. The van der Waals surface area contributed by atoms with E-state index < -0.39 is 0 Å². The maximum absolute atomic E-state index is 13.2. The predicted molar refractivity (Wildman–Crippen MR) is 101 cm³/mol. The molecule has 3 aliphatic rings. The topological polar surface area (TPSA) is 59.8 Å². The molecule has 27 heavy (non-hydrogen) atoms. The Morgan fingerprint density at radius 1 is 1.11 bits per heavy atom. The van der Waals surface area contributed by atoms with Gasteiger partial charge in [-0.3, -0.25) is 4.79 Å². The van der Waals surface area contributed by atoms with Crippen LogP contribution in [-0.2, 0) is 12.0 Å². The monoisotopic (exact) mass is 356 g/mol. The highest BCUT2D eigenvalue weighted by molar-refractivity contribution is 5.95. The molecule has 1 aromatic carbocycles. The average molecular weight is 356 g/mol. The number of hydrogen-bond donors (Lipinski definition) is 1. The van der Waals surface area contributed by atoms with Gasteiger partial charge in [0.05, 0.1) is 11.2 Å². The lowest BCUT2D eigenvalue weighted by atomic mass is 10.0. The van der Waals surface area contributed by atoms with Crippen LogP contribution in [0.2, 0.25) is 0 Å². The van der Waals surface area contributed by atoms with Gasteiger partial charge in [0.15, 0.2) is 11.5 Å². The number of hydrogen-bond acceptors (Lipinski definition) is 3. The number of benzene rings is 1. The zero-order chi connectivity index (χ0) is 18.0. The third-order valence-electron chi connectivity index (χ3n) is 6.27. The van der Waals surface area contributed by atoms with Crippen LogP contribution in [0.25, 0.3) is 5.82 Å². The van der Waals surface area contributed by atoms with Gasteiger partial charge in [-0.1, -0.05) is 36.4 Å². The summed E-state index contributed by atoms with van der Waals surface area (Å²) in [5, 5.41) is 8.02. The molecule has 5 nitrogen and oxygen atoms in total. The lowest BCUT2D eigenvalue weighted by molar-refractivity contribution is 0.0924. The number of carbonyl (C=O) groups is 1. The molecule has 0 spiro atoms. The number of rotatable bonds is 4. The Balaban J connectivity index is 1.37. The Morgan fingerprint density at radius 2 is 1.93 bits per heavy atom. The third kappa shape index (κ3) is 2.27. The second-order valence-electron chi connectivity index (χ2n) is 8.02. The summed E-state index contributed by atoms with van der Waals surface area (Å²) in [6.45, 7) is 0. The first-order valence-corrected chi connectivity index (χ1v) is 9.66. The number of fused-ring (bicyclic) bond motifs is 3. The molecule has 2 atom stereocenters. The first-order chi connectivity index (χ1) is 13.3. The van der Waals surface area contributed by atoms with Crippen LogP contribution >= 0.6 is 0 Å². The first kappa shape index (κ1) is 15.1. The molecule has 0 saturated heterocycles. The highest BCUT2D eigenvalue weighted by atomic mass is 16.2. The van der Waals surface area contributed by atoms with Crippen LogP contribution in [0.1, 0.15) is 52.5 Å². The number of carbonyl (C=O) groups excluding carboxylic acids is 1. The smallest absolute Gasteiger partial charge is 0.272 e. The molecule has 3 aromatic rings. The van der Waals surface area contributed by atoms with E-state index >= 15 is 0 Å². The van der Waals surface area contributed by atoms with E-state index in [1.165, 1.54) is 17.7 Å². The number of nitrogens with zero attached hydrogens (tertiary/aromatic N) is 3. The summed E-state index contributed by atoms with van der Waals surface area (Å²) in [5.41, 5.74) is 3.88. The van der Waals surface area contributed by atoms with Crippen LogP contribution in [0.4, 0.5) is 0 Å². The van der Waals surface area contributed by atoms with Crippen molar-refractivity contribution in [3.63, 3.8) is 0 Å². The van der Waals surface area contributed by atoms with Gasteiger partial charge in [0.2, 0.25) is 0 Å². The van der Waals surface area contributed by atoms with Crippen molar-refractivity contribution in [1.29, 1.82) is 0 Å². The Kier molecular flexibility index (Phi) is 2.96. The minimum atomic E-state index is -0.221. The second-order valence-corrected chi connectivity index (χ2v) is 8.02. The lowest BCUT2D eigenvalue weighted by Crippen LogP contribution is -2.35. The molecule has 3 aliphatic carbocycles. The molecule has 2 fully saturated rings. The summed E-state index contributed by atoms with van der Waals surface area (Å²) >= 11 is 0. The molecule has 134 valence electrons. The zero-order valence-corrected chi connectivity index (χ0v) is 14.9. The Hall–Kier alpha value is -2.95. The Labute approximate surface area is 157 Å². The van der Waals surface area contributed by atoms with Crippen molar-refractivity contribution in [3.05, 3.63) is 77.2 Å². The number of aromatic nitrogens is 3. The summed E-state index contributed by atoms with van der Waals surface area (Å²) in [4.78, 5) is 17.6. The molecule has 1 N–H and O–H groups in total. The van der Waals surface area contributed by atoms with Gasteiger partial charge in [-0.05, 0) is 49.3 Å². The van der Waals surface area contributed by atoms with Crippen molar-refractivity contribution in [1.82, 2.24) is 20.1 Å². The van der Waals surface area contributed by atoms with Gasteiger partial charge in [0.1, 0.15) is 0 Å². The van der Waals surface area contributed by atoms with E-state index in [0.29, 0.717) is 17.5 Å². The van der Waals surface area contributed by atoms with Gasteiger partial charge >= 0.3 is 0 Å². The molecule has 5 heteroatoms. The second kappa shape index (κ2) is 5.28. The lowest BCUT2D eigenvalue weighted by Gasteiger charge is -2.17. The van der Waals surface area contributed by atoms with Crippen molar-refractivity contribution in [3.8, 4) is 5.82 Å². The minimum absolute atomic E-state index is 0.0522. The quantitative estimate of drug-likeness (QED) is 0.780. The largest absolute Gasteiger partial charge is 0.341 e. The molecular formula is C22H20N4O. The van der Waals surface area contributed by atoms with Crippen molar-refractivity contribution in [2.24, 2.45) is 5.92 Å². The van der Waals surface area contributed by atoms with Crippen LogP contribution in [0.5, 0.6) is 0 Å². The predicted octanol–water partition coefficient (Wildman–Crippen LogP) is 3.35. The van der Waals surface area contributed by atoms with Gasteiger partial charge in [-0.15, -0.1) is 0 Å². The third-order valence-corrected chi connectivity index (χ3v) is 6.27. The van der Waals surface area contributed by atoms with Gasteiger partial charge in [0.25, 0.3) is 5.91 Å². The van der Waals surface area contributed by atoms with E-state index in [1.807, 2.05) is 41.1 Å². The molecule has 2 saturated carbocycles.